The Bertz CT molecular complexity index is 790. The van der Waals surface area contributed by atoms with Crippen LogP contribution in [-0.4, -0.2) is 31.4 Å². The summed E-state index contributed by atoms with van der Waals surface area (Å²) in [5.74, 6) is -0.195. The number of halogens is 1. The second-order valence-electron chi connectivity index (χ2n) is 5.94. The molecule has 0 bridgehead atoms. The average molecular weight is 358 g/mol. The van der Waals surface area contributed by atoms with Gasteiger partial charge in [-0.25, -0.2) is 0 Å². The Labute approximate surface area is 152 Å². The van der Waals surface area contributed by atoms with Crippen molar-refractivity contribution in [1.29, 1.82) is 0 Å². The quantitative estimate of drug-likeness (QED) is 0.884. The lowest BCUT2D eigenvalue weighted by atomic mass is 10.1. The zero-order chi connectivity index (χ0) is 17.8. The summed E-state index contributed by atoms with van der Waals surface area (Å²) in [5, 5.41) is 6.15. The maximum atomic E-state index is 12.3. The van der Waals surface area contributed by atoms with Gasteiger partial charge < -0.3 is 15.5 Å². The summed E-state index contributed by atoms with van der Waals surface area (Å²) in [6, 6.07) is 12.9. The molecule has 25 heavy (non-hydrogen) atoms. The van der Waals surface area contributed by atoms with E-state index in [0.29, 0.717) is 29.4 Å². The number of carbonyl (C=O) groups is 2. The molecular formula is C19H20ClN3O2. The first-order chi connectivity index (χ1) is 12.1. The highest BCUT2D eigenvalue weighted by molar-refractivity contribution is 6.33. The van der Waals surface area contributed by atoms with Crippen molar-refractivity contribution < 1.29 is 9.59 Å². The van der Waals surface area contributed by atoms with Gasteiger partial charge in [-0.2, -0.15) is 0 Å². The number of aryl methyl sites for hydroxylation is 1. The Morgan fingerprint density at radius 2 is 2.00 bits per heavy atom. The van der Waals surface area contributed by atoms with E-state index in [2.05, 4.69) is 17.6 Å². The van der Waals surface area contributed by atoms with Gasteiger partial charge in [0.2, 0.25) is 5.91 Å². The molecule has 0 radical (unpaired) electrons. The topological polar surface area (TPSA) is 61.4 Å². The number of rotatable bonds is 4. The third-order valence-corrected chi connectivity index (χ3v) is 4.51. The van der Waals surface area contributed by atoms with E-state index in [-0.39, 0.29) is 18.4 Å². The monoisotopic (exact) mass is 357 g/mol. The number of carbonyl (C=O) groups excluding carboxylic acids is 2. The van der Waals surface area contributed by atoms with Gasteiger partial charge in [0.1, 0.15) is 0 Å². The van der Waals surface area contributed by atoms with E-state index >= 15 is 0 Å². The molecule has 2 aromatic carbocycles. The lowest BCUT2D eigenvalue weighted by Crippen LogP contribution is -2.47. The normalized spacial score (nSPS) is 14.2. The van der Waals surface area contributed by atoms with E-state index in [9.17, 15) is 9.59 Å². The van der Waals surface area contributed by atoms with Crippen molar-refractivity contribution in [2.24, 2.45) is 0 Å². The van der Waals surface area contributed by atoms with Crippen molar-refractivity contribution in [2.75, 3.05) is 29.9 Å². The fourth-order valence-corrected chi connectivity index (χ4v) is 3.08. The van der Waals surface area contributed by atoms with Gasteiger partial charge in [0, 0.05) is 24.3 Å². The van der Waals surface area contributed by atoms with Gasteiger partial charge in [-0.15, -0.1) is 0 Å². The standard InChI is InChI=1S/C19H20ClN3O2/c1-2-13-3-5-14(6-4-13)19(25)22-15-7-8-17(16(20)11-15)23-10-9-21-18(24)12-23/h3-8,11H,2,9-10,12H2,1H3,(H,21,24)(H,22,25). The maximum absolute atomic E-state index is 12.3. The fraction of sp³-hybridized carbons (Fsp3) is 0.263. The number of hydrogen-bond donors (Lipinski definition) is 2. The van der Waals surface area contributed by atoms with Crippen LogP contribution in [0.1, 0.15) is 22.8 Å². The van der Waals surface area contributed by atoms with E-state index in [0.717, 1.165) is 12.1 Å². The van der Waals surface area contributed by atoms with Gasteiger partial charge in [-0.05, 0) is 42.3 Å². The van der Waals surface area contributed by atoms with Crippen molar-refractivity contribution in [3.05, 3.63) is 58.6 Å². The second-order valence-corrected chi connectivity index (χ2v) is 6.35. The highest BCUT2D eigenvalue weighted by atomic mass is 35.5. The molecule has 5 nitrogen and oxygen atoms in total. The maximum Gasteiger partial charge on any atom is 0.255 e. The predicted molar refractivity (Wildman–Crippen MR) is 100 cm³/mol. The number of piperazine rings is 1. The van der Waals surface area contributed by atoms with Crippen molar-refractivity contribution in [2.45, 2.75) is 13.3 Å². The van der Waals surface area contributed by atoms with Crippen LogP contribution in [0.4, 0.5) is 11.4 Å². The van der Waals surface area contributed by atoms with Crippen LogP contribution in [0.2, 0.25) is 5.02 Å². The summed E-state index contributed by atoms with van der Waals surface area (Å²) in [5.41, 5.74) is 3.21. The highest BCUT2D eigenvalue weighted by Gasteiger charge is 2.19. The van der Waals surface area contributed by atoms with Gasteiger partial charge in [0.05, 0.1) is 17.3 Å². The molecule has 1 aliphatic rings. The minimum absolute atomic E-state index is 0.0183. The molecule has 1 fully saturated rings. The number of benzene rings is 2. The van der Waals surface area contributed by atoms with Crippen LogP contribution in [0.5, 0.6) is 0 Å². The minimum Gasteiger partial charge on any atom is -0.359 e. The highest BCUT2D eigenvalue weighted by Crippen LogP contribution is 2.29. The minimum atomic E-state index is -0.177. The molecular weight excluding hydrogens is 338 g/mol. The van der Waals surface area contributed by atoms with Gasteiger partial charge in [-0.1, -0.05) is 30.7 Å². The van der Waals surface area contributed by atoms with E-state index in [1.165, 1.54) is 5.56 Å². The molecule has 1 heterocycles. The van der Waals surface area contributed by atoms with Crippen molar-refractivity contribution in [3.8, 4) is 0 Å². The van der Waals surface area contributed by atoms with Crippen molar-refractivity contribution in [1.82, 2.24) is 5.32 Å². The molecule has 2 N–H and O–H groups in total. The third-order valence-electron chi connectivity index (χ3n) is 4.21. The smallest absolute Gasteiger partial charge is 0.255 e. The Morgan fingerprint density at radius 1 is 1.24 bits per heavy atom. The number of nitrogens with one attached hydrogen (secondary N) is 2. The molecule has 130 valence electrons. The second kappa shape index (κ2) is 7.57. The molecule has 6 heteroatoms. The summed E-state index contributed by atoms with van der Waals surface area (Å²) < 4.78 is 0. The third kappa shape index (κ3) is 4.12. The Morgan fingerprint density at radius 3 is 2.64 bits per heavy atom. The SMILES string of the molecule is CCc1ccc(C(=O)Nc2ccc(N3CCNC(=O)C3)c(Cl)c2)cc1. The molecule has 2 amide bonds. The first kappa shape index (κ1) is 17.3. The zero-order valence-electron chi connectivity index (χ0n) is 14.0. The fourth-order valence-electron chi connectivity index (χ4n) is 2.78. The predicted octanol–water partition coefficient (Wildman–Crippen LogP) is 3.09. The van der Waals surface area contributed by atoms with Gasteiger partial charge >= 0.3 is 0 Å². The van der Waals surface area contributed by atoms with Gasteiger partial charge in [-0.3, -0.25) is 9.59 Å². The van der Waals surface area contributed by atoms with Crippen LogP contribution in [-0.2, 0) is 11.2 Å². The number of anilines is 2. The van der Waals surface area contributed by atoms with Crippen LogP contribution in [0.25, 0.3) is 0 Å². The Hall–Kier alpha value is -2.53. The summed E-state index contributed by atoms with van der Waals surface area (Å²) in [6.45, 7) is 3.67. The zero-order valence-corrected chi connectivity index (χ0v) is 14.8. The summed E-state index contributed by atoms with van der Waals surface area (Å²) in [6.07, 6.45) is 0.938. The lowest BCUT2D eigenvalue weighted by molar-refractivity contribution is -0.120. The molecule has 0 unspecified atom stereocenters. The lowest BCUT2D eigenvalue weighted by Gasteiger charge is -2.29. The molecule has 3 rings (SSSR count). The Balaban J connectivity index is 1.71. The molecule has 1 aliphatic heterocycles. The van der Waals surface area contributed by atoms with Crippen LogP contribution in [0.15, 0.2) is 42.5 Å². The molecule has 0 aliphatic carbocycles. The number of hydrogen-bond acceptors (Lipinski definition) is 3. The number of nitrogens with zero attached hydrogens (tertiary/aromatic N) is 1. The summed E-state index contributed by atoms with van der Waals surface area (Å²) in [4.78, 5) is 25.8. The van der Waals surface area contributed by atoms with Crippen molar-refractivity contribution in [3.63, 3.8) is 0 Å². The van der Waals surface area contributed by atoms with E-state index in [1.807, 2.05) is 35.2 Å². The Kier molecular flexibility index (Phi) is 5.24. The van der Waals surface area contributed by atoms with Crippen molar-refractivity contribution >= 4 is 34.8 Å². The first-order valence-corrected chi connectivity index (χ1v) is 8.66. The summed E-state index contributed by atoms with van der Waals surface area (Å²) >= 11 is 6.35. The first-order valence-electron chi connectivity index (χ1n) is 8.28. The molecule has 0 atom stereocenters. The molecule has 0 spiro atoms. The molecule has 0 saturated carbocycles. The molecule has 0 aromatic heterocycles. The molecule has 2 aromatic rings. The van der Waals surface area contributed by atoms with Crippen LogP contribution >= 0.6 is 11.6 Å². The molecule has 1 saturated heterocycles. The van der Waals surface area contributed by atoms with Gasteiger partial charge in [0.15, 0.2) is 0 Å². The van der Waals surface area contributed by atoms with Gasteiger partial charge in [0.25, 0.3) is 5.91 Å². The van der Waals surface area contributed by atoms with E-state index < -0.39 is 0 Å². The number of amides is 2. The van der Waals surface area contributed by atoms with E-state index in [1.54, 1.807) is 12.1 Å². The largest absolute Gasteiger partial charge is 0.359 e. The van der Waals surface area contributed by atoms with Crippen LogP contribution in [0.3, 0.4) is 0 Å². The van der Waals surface area contributed by atoms with E-state index in [4.69, 9.17) is 11.6 Å². The average Bonchev–Trinajstić information content (AvgIpc) is 2.62. The van der Waals surface area contributed by atoms with Crippen LogP contribution < -0.4 is 15.5 Å². The van der Waals surface area contributed by atoms with Crippen LogP contribution in [0, 0.1) is 0 Å². The summed E-state index contributed by atoms with van der Waals surface area (Å²) in [7, 11) is 0.